The molecule has 0 fully saturated rings. The molecule has 0 aromatic heterocycles. The number of aryl methyl sites for hydroxylation is 1. The topological polar surface area (TPSA) is 0 Å². The summed E-state index contributed by atoms with van der Waals surface area (Å²) in [6.45, 7) is 6.75. The van der Waals surface area contributed by atoms with Gasteiger partial charge >= 0.3 is 0 Å². The quantitative estimate of drug-likeness (QED) is 0.645. The summed E-state index contributed by atoms with van der Waals surface area (Å²) in [4.78, 5) is 0. The largest absolute Gasteiger partial charge is 0.0776 e. The maximum absolute atomic E-state index is 2.27. The molecule has 0 atom stereocenters. The van der Waals surface area contributed by atoms with Gasteiger partial charge in [-0.05, 0) is 29.9 Å². The minimum Gasteiger partial charge on any atom is -0.0776 e. The monoisotopic (exact) mass is 208 g/mol. The van der Waals surface area contributed by atoms with Gasteiger partial charge in [0.2, 0.25) is 0 Å². The van der Waals surface area contributed by atoms with Gasteiger partial charge in [-0.3, -0.25) is 0 Å². The van der Waals surface area contributed by atoms with Crippen molar-refractivity contribution in [3.05, 3.63) is 35.4 Å². The van der Waals surface area contributed by atoms with E-state index < -0.39 is 0 Å². The second kappa shape index (κ2) is 8.52. The highest BCUT2D eigenvalue weighted by atomic mass is 14.0. The Kier molecular flexibility index (Phi) is 9.46. The zero-order chi connectivity index (χ0) is 9.68. The summed E-state index contributed by atoms with van der Waals surface area (Å²) in [7, 11) is 0. The molecule has 0 aliphatic carbocycles. The van der Waals surface area contributed by atoms with Crippen LogP contribution < -0.4 is 0 Å². The highest BCUT2D eigenvalue weighted by molar-refractivity contribution is 5.22. The number of benzene rings is 1. The van der Waals surface area contributed by atoms with Crippen molar-refractivity contribution in [2.45, 2.75) is 54.9 Å². The third kappa shape index (κ3) is 6.33. The van der Waals surface area contributed by atoms with Gasteiger partial charge in [-0.1, -0.05) is 66.3 Å². The van der Waals surface area contributed by atoms with Gasteiger partial charge in [0, 0.05) is 0 Å². The van der Waals surface area contributed by atoms with Crippen molar-refractivity contribution in [1.29, 1.82) is 0 Å². The van der Waals surface area contributed by atoms with Crippen molar-refractivity contribution in [3.8, 4) is 0 Å². The van der Waals surface area contributed by atoms with Crippen LogP contribution in [0, 0.1) is 5.92 Å². The Hall–Kier alpha value is -0.780. The van der Waals surface area contributed by atoms with Crippen molar-refractivity contribution in [1.82, 2.24) is 0 Å². The Morgan fingerprint density at radius 2 is 1.40 bits per heavy atom. The van der Waals surface area contributed by atoms with E-state index in [1.807, 2.05) is 0 Å². The van der Waals surface area contributed by atoms with Crippen LogP contribution in [0.15, 0.2) is 24.3 Å². The number of rotatable bonds is 4. The molecule has 0 radical (unpaired) electrons. The lowest BCUT2D eigenvalue weighted by molar-refractivity contribution is 0.647. The maximum Gasteiger partial charge on any atom is -0.0256 e. The first-order valence-corrected chi connectivity index (χ1v) is 5.30. The van der Waals surface area contributed by atoms with Crippen LogP contribution in [0.2, 0.25) is 0 Å². The van der Waals surface area contributed by atoms with E-state index in [-0.39, 0.29) is 14.9 Å². The molecule has 0 saturated heterocycles. The zero-order valence-corrected chi connectivity index (χ0v) is 9.01. The molecule has 0 aliphatic rings. The fourth-order valence-corrected chi connectivity index (χ4v) is 1.60. The molecule has 0 amide bonds. The van der Waals surface area contributed by atoms with Crippen molar-refractivity contribution in [2.75, 3.05) is 0 Å². The van der Waals surface area contributed by atoms with Gasteiger partial charge in [0.05, 0.1) is 0 Å². The van der Waals surface area contributed by atoms with Crippen LogP contribution in [0.3, 0.4) is 0 Å². The van der Waals surface area contributed by atoms with E-state index in [0.717, 1.165) is 5.92 Å². The molecule has 0 heteroatoms. The van der Waals surface area contributed by atoms with E-state index in [0.29, 0.717) is 0 Å². The average molecular weight is 208 g/mol. The molecule has 0 saturated carbocycles. The Bertz CT molecular complexity index is 231. The smallest absolute Gasteiger partial charge is 0.0256 e. The fourth-order valence-electron chi connectivity index (χ4n) is 1.60. The van der Waals surface area contributed by atoms with Crippen LogP contribution in [0.4, 0.5) is 0 Å². The van der Waals surface area contributed by atoms with Crippen LogP contribution in [0.5, 0.6) is 0 Å². The van der Waals surface area contributed by atoms with E-state index in [2.05, 4.69) is 45.0 Å². The minimum atomic E-state index is 0. The lowest BCUT2D eigenvalue weighted by Gasteiger charge is -2.05. The van der Waals surface area contributed by atoms with E-state index in [9.17, 15) is 0 Å². The highest BCUT2D eigenvalue weighted by Crippen LogP contribution is 2.10. The molecule has 0 aliphatic heterocycles. The molecule has 15 heavy (non-hydrogen) atoms. The van der Waals surface area contributed by atoms with E-state index in [1.54, 1.807) is 0 Å². The van der Waals surface area contributed by atoms with Gasteiger partial charge in [-0.2, -0.15) is 0 Å². The lowest BCUT2D eigenvalue weighted by atomic mass is 10.0. The van der Waals surface area contributed by atoms with Gasteiger partial charge in [-0.15, -0.1) is 0 Å². The summed E-state index contributed by atoms with van der Waals surface area (Å²) < 4.78 is 0. The predicted octanol–water partition coefficient (Wildman–Crippen LogP) is 5.11. The molecule has 1 aromatic rings. The Labute approximate surface area is 96.7 Å². The van der Waals surface area contributed by atoms with Gasteiger partial charge in [0.15, 0.2) is 0 Å². The molecular formula is C15H28. The van der Waals surface area contributed by atoms with Gasteiger partial charge in [0.1, 0.15) is 0 Å². The summed E-state index contributed by atoms with van der Waals surface area (Å²) in [5.74, 6) is 0.761. The summed E-state index contributed by atoms with van der Waals surface area (Å²) in [6.07, 6.45) is 3.65. The first kappa shape index (κ1) is 16.6. The molecule has 0 spiro atoms. The highest BCUT2D eigenvalue weighted by Gasteiger charge is 1.97. The van der Waals surface area contributed by atoms with Crippen molar-refractivity contribution in [3.63, 3.8) is 0 Å². The maximum atomic E-state index is 2.27. The first-order valence-electron chi connectivity index (χ1n) is 5.30. The molecular weight excluding hydrogens is 180 g/mol. The van der Waals surface area contributed by atoms with Crippen molar-refractivity contribution >= 4 is 0 Å². The Balaban J connectivity index is 0. The molecule has 1 rings (SSSR count). The molecule has 0 N–H and O–H groups in total. The third-order valence-corrected chi connectivity index (χ3v) is 2.21. The predicted molar refractivity (Wildman–Crippen MR) is 72.4 cm³/mol. The lowest BCUT2D eigenvalue weighted by Crippen LogP contribution is -1.94. The molecule has 0 unspecified atom stereocenters. The van der Waals surface area contributed by atoms with Crippen LogP contribution >= 0.6 is 0 Å². The van der Waals surface area contributed by atoms with Crippen molar-refractivity contribution in [2.24, 2.45) is 5.92 Å². The SMILES string of the molecule is C.C.CCCc1ccc(CC(C)C)cc1. The van der Waals surface area contributed by atoms with Gasteiger partial charge in [0.25, 0.3) is 0 Å². The number of hydrogen-bond acceptors (Lipinski definition) is 0. The molecule has 0 bridgehead atoms. The van der Waals surface area contributed by atoms with E-state index in [1.165, 1.54) is 30.4 Å². The third-order valence-electron chi connectivity index (χ3n) is 2.21. The van der Waals surface area contributed by atoms with E-state index >= 15 is 0 Å². The Morgan fingerprint density at radius 1 is 0.933 bits per heavy atom. The van der Waals surface area contributed by atoms with Gasteiger partial charge < -0.3 is 0 Å². The summed E-state index contributed by atoms with van der Waals surface area (Å²) in [5, 5.41) is 0. The summed E-state index contributed by atoms with van der Waals surface area (Å²) >= 11 is 0. The summed E-state index contributed by atoms with van der Waals surface area (Å²) in [6, 6.07) is 9.07. The first-order chi connectivity index (χ1) is 6.22. The number of hydrogen-bond donors (Lipinski definition) is 0. The molecule has 0 nitrogen and oxygen atoms in total. The van der Waals surface area contributed by atoms with Crippen LogP contribution in [0.1, 0.15) is 53.2 Å². The second-order valence-electron chi connectivity index (χ2n) is 4.16. The van der Waals surface area contributed by atoms with Crippen molar-refractivity contribution < 1.29 is 0 Å². The van der Waals surface area contributed by atoms with Crippen LogP contribution in [-0.2, 0) is 12.8 Å². The zero-order valence-electron chi connectivity index (χ0n) is 9.01. The standard InChI is InChI=1S/C13H20.2CH4/c1-4-5-12-6-8-13(9-7-12)10-11(2)3;;/h6-9,11H,4-5,10H2,1-3H3;2*1H4. The Morgan fingerprint density at radius 3 is 1.80 bits per heavy atom. The molecule has 0 heterocycles. The van der Waals surface area contributed by atoms with Crippen LogP contribution in [0.25, 0.3) is 0 Å². The average Bonchev–Trinajstić information content (AvgIpc) is 2.08. The molecule has 1 aromatic carbocycles. The molecule has 88 valence electrons. The fraction of sp³-hybridized carbons (Fsp3) is 0.600. The van der Waals surface area contributed by atoms with E-state index in [4.69, 9.17) is 0 Å². The minimum absolute atomic E-state index is 0. The van der Waals surface area contributed by atoms with Crippen LogP contribution in [-0.4, -0.2) is 0 Å². The summed E-state index contributed by atoms with van der Waals surface area (Å²) in [5.41, 5.74) is 2.94. The normalized spacial score (nSPS) is 9.33. The van der Waals surface area contributed by atoms with Gasteiger partial charge in [-0.25, -0.2) is 0 Å². The second-order valence-corrected chi connectivity index (χ2v) is 4.16.